The summed E-state index contributed by atoms with van der Waals surface area (Å²) in [6.45, 7) is 3.15. The molecule has 2 heterocycles. The van der Waals surface area contributed by atoms with Gasteiger partial charge >= 0.3 is 5.97 Å². The number of carbonyl (C=O) groups is 1. The molecule has 0 unspecified atom stereocenters. The number of sulfonamides is 1. The molecule has 0 aromatic rings. The van der Waals surface area contributed by atoms with Crippen LogP contribution < -0.4 is 0 Å². The van der Waals surface area contributed by atoms with Crippen LogP contribution in [0.25, 0.3) is 0 Å². The molecule has 0 atom stereocenters. The fraction of sp³-hybridized carbons (Fsp3) is 0.917. The van der Waals surface area contributed by atoms with Crippen molar-refractivity contribution in [1.82, 2.24) is 9.21 Å². The van der Waals surface area contributed by atoms with Crippen LogP contribution >= 0.6 is 0 Å². The second-order valence-corrected chi connectivity index (χ2v) is 7.35. The molecule has 0 aliphatic carbocycles. The number of nitrogens with zero attached hydrogens (tertiary/aromatic N) is 2. The largest absolute Gasteiger partial charge is 0.480 e. The summed E-state index contributed by atoms with van der Waals surface area (Å²) in [7, 11) is -3.62. The lowest BCUT2D eigenvalue weighted by molar-refractivity contribution is -0.134. The van der Waals surface area contributed by atoms with Crippen molar-refractivity contribution >= 4 is 16.0 Å². The number of hydrogen-bond acceptors (Lipinski definition) is 4. The fourth-order valence-electron chi connectivity index (χ4n) is 3.02. The Hall–Kier alpha value is -0.660. The monoisotopic (exact) mass is 290 g/mol. The van der Waals surface area contributed by atoms with Crippen molar-refractivity contribution in [3.05, 3.63) is 0 Å². The zero-order valence-corrected chi connectivity index (χ0v) is 11.9. The highest BCUT2D eigenvalue weighted by atomic mass is 32.2. The van der Waals surface area contributed by atoms with Gasteiger partial charge in [0.15, 0.2) is 5.75 Å². The standard InChI is InChI=1S/C12H22N2O4S/c15-12(16)10-19(17,18)14-8-4-11(5-9-14)13-6-2-1-3-7-13/h11H,1-10H2,(H,15,16). The van der Waals surface area contributed by atoms with Crippen LogP contribution in [0.3, 0.4) is 0 Å². The van der Waals surface area contributed by atoms with Crippen molar-refractivity contribution in [2.24, 2.45) is 0 Å². The van der Waals surface area contributed by atoms with Crippen LogP contribution in [0.1, 0.15) is 32.1 Å². The number of aliphatic carboxylic acids is 1. The normalized spacial score (nSPS) is 24.4. The molecule has 2 fully saturated rings. The maximum absolute atomic E-state index is 11.8. The van der Waals surface area contributed by atoms with Crippen LogP contribution in [0, 0.1) is 0 Å². The van der Waals surface area contributed by atoms with Gasteiger partial charge in [-0.1, -0.05) is 6.42 Å². The number of piperidine rings is 2. The Morgan fingerprint density at radius 2 is 1.63 bits per heavy atom. The molecule has 0 amide bonds. The van der Waals surface area contributed by atoms with Crippen molar-refractivity contribution < 1.29 is 18.3 Å². The molecule has 0 aromatic heterocycles. The number of likely N-dealkylation sites (tertiary alicyclic amines) is 1. The molecule has 0 aromatic carbocycles. The van der Waals surface area contributed by atoms with Crippen LogP contribution in [-0.2, 0) is 14.8 Å². The van der Waals surface area contributed by atoms with Crippen LogP contribution in [0.4, 0.5) is 0 Å². The Morgan fingerprint density at radius 1 is 1.05 bits per heavy atom. The van der Waals surface area contributed by atoms with E-state index in [-0.39, 0.29) is 0 Å². The van der Waals surface area contributed by atoms with E-state index in [4.69, 9.17) is 5.11 Å². The van der Waals surface area contributed by atoms with Crippen LogP contribution in [0.15, 0.2) is 0 Å². The topological polar surface area (TPSA) is 77.9 Å². The second kappa shape index (κ2) is 6.19. The maximum Gasteiger partial charge on any atom is 0.320 e. The minimum Gasteiger partial charge on any atom is -0.480 e. The zero-order chi connectivity index (χ0) is 13.9. The quantitative estimate of drug-likeness (QED) is 0.808. The third kappa shape index (κ3) is 3.90. The molecule has 0 radical (unpaired) electrons. The van der Waals surface area contributed by atoms with Crippen molar-refractivity contribution in [2.45, 2.75) is 38.1 Å². The van der Waals surface area contributed by atoms with Gasteiger partial charge in [-0.3, -0.25) is 4.79 Å². The van der Waals surface area contributed by atoms with Gasteiger partial charge in [-0.15, -0.1) is 0 Å². The van der Waals surface area contributed by atoms with E-state index in [2.05, 4.69) is 4.90 Å². The first kappa shape index (κ1) is 14.7. The molecular weight excluding hydrogens is 268 g/mol. The van der Waals surface area contributed by atoms with Crippen LogP contribution in [0.2, 0.25) is 0 Å². The number of carboxylic acids is 1. The average Bonchev–Trinajstić information content (AvgIpc) is 2.38. The van der Waals surface area contributed by atoms with Crippen molar-refractivity contribution in [1.29, 1.82) is 0 Å². The summed E-state index contributed by atoms with van der Waals surface area (Å²) in [4.78, 5) is 13.0. The lowest BCUT2D eigenvalue weighted by Crippen LogP contribution is -2.49. The van der Waals surface area contributed by atoms with Crippen molar-refractivity contribution in [3.63, 3.8) is 0 Å². The van der Waals surface area contributed by atoms with Gasteiger partial charge in [0.1, 0.15) is 0 Å². The predicted octanol–water partition coefficient (Wildman–Crippen LogP) is 0.351. The first-order valence-corrected chi connectivity index (χ1v) is 8.53. The summed E-state index contributed by atoms with van der Waals surface area (Å²) in [6.07, 6.45) is 5.40. The Kier molecular flexibility index (Phi) is 4.81. The van der Waals surface area contributed by atoms with E-state index in [1.54, 1.807) is 0 Å². The Labute approximate surface area is 114 Å². The first-order chi connectivity index (χ1) is 8.99. The Morgan fingerprint density at radius 3 is 2.16 bits per heavy atom. The number of hydrogen-bond donors (Lipinski definition) is 1. The smallest absolute Gasteiger partial charge is 0.320 e. The van der Waals surface area contributed by atoms with E-state index >= 15 is 0 Å². The van der Waals surface area contributed by atoms with Gasteiger partial charge in [0.2, 0.25) is 10.0 Å². The van der Waals surface area contributed by atoms with E-state index < -0.39 is 21.7 Å². The number of carboxylic acid groups (broad SMARTS) is 1. The van der Waals surface area contributed by atoms with Crippen molar-refractivity contribution in [2.75, 3.05) is 31.9 Å². The molecule has 0 saturated carbocycles. The molecule has 7 heteroatoms. The molecule has 2 rings (SSSR count). The molecule has 1 N–H and O–H groups in total. The summed E-state index contributed by atoms with van der Waals surface area (Å²) in [6, 6.07) is 0.469. The third-order valence-electron chi connectivity index (χ3n) is 4.03. The van der Waals surface area contributed by atoms with E-state index in [0.717, 1.165) is 25.9 Å². The highest BCUT2D eigenvalue weighted by molar-refractivity contribution is 7.89. The van der Waals surface area contributed by atoms with Gasteiger partial charge in [-0.2, -0.15) is 0 Å². The third-order valence-corrected chi connectivity index (χ3v) is 5.79. The summed E-state index contributed by atoms with van der Waals surface area (Å²) >= 11 is 0. The van der Waals surface area contributed by atoms with Gasteiger partial charge in [0.05, 0.1) is 0 Å². The highest BCUT2D eigenvalue weighted by Crippen LogP contribution is 2.22. The van der Waals surface area contributed by atoms with E-state index in [9.17, 15) is 13.2 Å². The molecule has 2 aliphatic rings. The average molecular weight is 290 g/mol. The van der Waals surface area contributed by atoms with Gasteiger partial charge in [0.25, 0.3) is 0 Å². The van der Waals surface area contributed by atoms with Crippen LogP contribution in [-0.4, -0.2) is 66.7 Å². The number of rotatable bonds is 4. The van der Waals surface area contributed by atoms with E-state index in [0.29, 0.717) is 19.1 Å². The zero-order valence-electron chi connectivity index (χ0n) is 11.1. The minimum atomic E-state index is -3.62. The van der Waals surface area contributed by atoms with Crippen molar-refractivity contribution in [3.8, 4) is 0 Å². The first-order valence-electron chi connectivity index (χ1n) is 6.93. The molecule has 2 saturated heterocycles. The summed E-state index contributed by atoms with van der Waals surface area (Å²) in [5.74, 6) is -2.07. The molecule has 110 valence electrons. The maximum atomic E-state index is 11.8. The molecule has 19 heavy (non-hydrogen) atoms. The Balaban J connectivity index is 1.86. The van der Waals surface area contributed by atoms with Crippen LogP contribution in [0.5, 0.6) is 0 Å². The van der Waals surface area contributed by atoms with Gasteiger partial charge in [-0.25, -0.2) is 12.7 Å². The fourth-order valence-corrected chi connectivity index (χ4v) is 4.28. The van der Waals surface area contributed by atoms with Gasteiger partial charge in [-0.05, 0) is 38.8 Å². The molecule has 6 nitrogen and oxygen atoms in total. The predicted molar refractivity (Wildman–Crippen MR) is 71.4 cm³/mol. The minimum absolute atomic E-state index is 0.455. The van der Waals surface area contributed by atoms with Gasteiger partial charge in [0, 0.05) is 19.1 Å². The second-order valence-electron chi connectivity index (χ2n) is 5.38. The Bertz CT molecular complexity index is 409. The SMILES string of the molecule is O=C(O)CS(=O)(=O)N1CCC(N2CCCCC2)CC1. The highest BCUT2D eigenvalue weighted by Gasteiger charge is 2.32. The summed E-state index contributed by atoms with van der Waals surface area (Å²) in [5.41, 5.74) is 0. The molecular formula is C12H22N2O4S. The molecule has 0 spiro atoms. The summed E-state index contributed by atoms with van der Waals surface area (Å²) in [5, 5.41) is 8.62. The lowest BCUT2D eigenvalue weighted by atomic mass is 10.0. The molecule has 2 aliphatic heterocycles. The van der Waals surface area contributed by atoms with E-state index in [1.165, 1.54) is 23.6 Å². The molecule has 0 bridgehead atoms. The lowest BCUT2D eigenvalue weighted by Gasteiger charge is -2.39. The van der Waals surface area contributed by atoms with E-state index in [1.807, 2.05) is 0 Å². The van der Waals surface area contributed by atoms with Gasteiger partial charge < -0.3 is 10.0 Å². The summed E-state index contributed by atoms with van der Waals surface area (Å²) < 4.78 is 25.0.